The van der Waals surface area contributed by atoms with Crippen LogP contribution in [0.15, 0.2) is 60.1 Å². The smallest absolute Gasteiger partial charge is 0.251 e. The van der Waals surface area contributed by atoms with Gasteiger partial charge in [-0.25, -0.2) is 8.42 Å². The Kier molecular flexibility index (Phi) is 8.84. The monoisotopic (exact) mass is 594 g/mol. The van der Waals surface area contributed by atoms with Gasteiger partial charge in [0.15, 0.2) is 0 Å². The third kappa shape index (κ3) is 6.35. The minimum atomic E-state index is -3.52. The molecule has 0 bridgehead atoms. The molecule has 3 N–H and O–H groups in total. The number of benzene rings is 2. The SMILES string of the molecule is CCc1cc(CNC[C@@H](O)[C@H](Cc2ccccc2)NC(=O)c2cc3c4c(c2)c(CC)cn4CCS(=O)(=O)N3C)cs1. The Labute approximate surface area is 246 Å². The van der Waals surface area contributed by atoms with Gasteiger partial charge in [0.25, 0.3) is 5.91 Å². The van der Waals surface area contributed by atoms with Crippen molar-refractivity contribution in [3.8, 4) is 0 Å². The maximum Gasteiger partial charge on any atom is 0.251 e. The molecule has 8 nitrogen and oxygen atoms in total. The molecule has 0 saturated carbocycles. The predicted octanol–water partition coefficient (Wildman–Crippen LogP) is 4.10. The van der Waals surface area contributed by atoms with Crippen molar-refractivity contribution >= 4 is 43.9 Å². The lowest BCUT2D eigenvalue weighted by Crippen LogP contribution is -2.48. The number of aliphatic hydroxyl groups is 1. The van der Waals surface area contributed by atoms with Gasteiger partial charge in [0.2, 0.25) is 10.0 Å². The normalized spacial score (nSPS) is 16.0. The molecule has 0 fully saturated rings. The van der Waals surface area contributed by atoms with Crippen LogP contribution in [0.2, 0.25) is 0 Å². The number of sulfonamides is 1. The molecule has 218 valence electrons. The lowest BCUT2D eigenvalue weighted by Gasteiger charge is -2.25. The van der Waals surface area contributed by atoms with Gasteiger partial charge in [-0.1, -0.05) is 44.2 Å². The van der Waals surface area contributed by atoms with E-state index in [1.165, 1.54) is 14.7 Å². The third-order valence-corrected chi connectivity index (χ3v) is 10.7. The average molecular weight is 595 g/mol. The summed E-state index contributed by atoms with van der Waals surface area (Å²) < 4.78 is 29.1. The summed E-state index contributed by atoms with van der Waals surface area (Å²) in [7, 11) is -1.98. The minimum absolute atomic E-state index is 0.00384. The van der Waals surface area contributed by atoms with Gasteiger partial charge in [0.05, 0.1) is 29.1 Å². The van der Waals surface area contributed by atoms with E-state index in [0.29, 0.717) is 37.3 Å². The highest BCUT2D eigenvalue weighted by atomic mass is 32.2. The van der Waals surface area contributed by atoms with Crippen molar-refractivity contribution in [2.24, 2.45) is 0 Å². The number of aryl methyl sites for hydroxylation is 3. The van der Waals surface area contributed by atoms with Crippen molar-refractivity contribution in [1.29, 1.82) is 0 Å². The van der Waals surface area contributed by atoms with E-state index in [4.69, 9.17) is 0 Å². The molecule has 4 aromatic rings. The average Bonchev–Trinajstić information content (AvgIpc) is 3.57. The molecule has 5 rings (SSSR count). The van der Waals surface area contributed by atoms with Gasteiger partial charge < -0.3 is 20.3 Å². The molecule has 0 aliphatic carbocycles. The van der Waals surface area contributed by atoms with E-state index in [2.05, 4.69) is 35.9 Å². The van der Waals surface area contributed by atoms with Gasteiger partial charge in [-0.3, -0.25) is 9.10 Å². The third-order valence-electron chi connectivity index (χ3n) is 7.84. The van der Waals surface area contributed by atoms with Gasteiger partial charge >= 0.3 is 0 Å². The zero-order valence-electron chi connectivity index (χ0n) is 23.8. The molecule has 3 heterocycles. The number of thiophene rings is 1. The topological polar surface area (TPSA) is 104 Å². The molecule has 2 aromatic heterocycles. The molecule has 1 aliphatic heterocycles. The van der Waals surface area contributed by atoms with Crippen molar-refractivity contribution in [2.45, 2.75) is 58.3 Å². The molecular formula is C31H38N4O4S2. The Morgan fingerprint density at radius 1 is 1.10 bits per heavy atom. The fraction of sp³-hybridized carbons (Fsp3) is 0.387. The number of rotatable bonds is 11. The van der Waals surface area contributed by atoms with E-state index in [1.807, 2.05) is 47.2 Å². The standard InChI is InChI=1S/C31H38N4O4S2/c1-4-23-19-35-11-12-41(38,39)34(3)28-16-24(15-26(23)30(28)35)31(37)33-27(14-21-9-7-6-8-10-21)29(36)18-32-17-22-13-25(5-2)40-20-22/h6-10,13,15-16,19-20,27,29,32,36H,4-5,11-12,14,17-18H2,1-3H3,(H,33,37)/t27-,29+/m0/s1. The van der Waals surface area contributed by atoms with E-state index in [1.54, 1.807) is 24.5 Å². The van der Waals surface area contributed by atoms with Crippen LogP contribution < -0.4 is 14.9 Å². The second-order valence-electron chi connectivity index (χ2n) is 10.6. The zero-order chi connectivity index (χ0) is 29.1. The second-order valence-corrected chi connectivity index (χ2v) is 13.7. The molecule has 1 aliphatic rings. The predicted molar refractivity (Wildman–Crippen MR) is 166 cm³/mol. The summed E-state index contributed by atoms with van der Waals surface area (Å²) in [6.45, 7) is 5.50. The van der Waals surface area contributed by atoms with Crippen molar-refractivity contribution in [3.63, 3.8) is 0 Å². The molecule has 0 spiro atoms. The number of aromatic nitrogens is 1. The van der Waals surface area contributed by atoms with Crippen LogP contribution in [0.4, 0.5) is 5.69 Å². The van der Waals surface area contributed by atoms with Crippen LogP contribution in [-0.2, 0) is 42.4 Å². The van der Waals surface area contributed by atoms with Crippen LogP contribution in [0.3, 0.4) is 0 Å². The number of anilines is 1. The van der Waals surface area contributed by atoms with Crippen molar-refractivity contribution < 1.29 is 18.3 Å². The molecular weight excluding hydrogens is 556 g/mol. The van der Waals surface area contributed by atoms with Gasteiger partial charge in [0, 0.05) is 48.7 Å². The summed E-state index contributed by atoms with van der Waals surface area (Å²) in [5, 5.41) is 20.7. The number of carbonyl (C=O) groups excluding carboxylic acids is 1. The highest BCUT2D eigenvalue weighted by molar-refractivity contribution is 7.92. The lowest BCUT2D eigenvalue weighted by atomic mass is 9.99. The minimum Gasteiger partial charge on any atom is -0.390 e. The number of nitrogens with one attached hydrogen (secondary N) is 2. The van der Waals surface area contributed by atoms with Crippen LogP contribution in [0.5, 0.6) is 0 Å². The summed E-state index contributed by atoms with van der Waals surface area (Å²) in [5.74, 6) is -0.353. The maximum atomic E-state index is 13.8. The lowest BCUT2D eigenvalue weighted by molar-refractivity contribution is 0.0830. The quantitative estimate of drug-likeness (QED) is 0.243. The second kappa shape index (κ2) is 12.4. The number of nitrogens with zero attached hydrogens (tertiary/aromatic N) is 2. The number of amides is 1. The fourth-order valence-electron chi connectivity index (χ4n) is 5.43. The van der Waals surface area contributed by atoms with Gasteiger partial charge in [-0.15, -0.1) is 11.3 Å². The van der Waals surface area contributed by atoms with Gasteiger partial charge in [0.1, 0.15) is 0 Å². The Morgan fingerprint density at radius 3 is 2.59 bits per heavy atom. The Morgan fingerprint density at radius 2 is 1.88 bits per heavy atom. The van der Waals surface area contributed by atoms with Crippen molar-refractivity contribution in [3.05, 3.63) is 87.2 Å². The van der Waals surface area contributed by atoms with Crippen LogP contribution in [-0.4, -0.2) is 55.5 Å². The molecule has 0 saturated heterocycles. The first-order chi connectivity index (χ1) is 19.7. The van der Waals surface area contributed by atoms with E-state index in [0.717, 1.165) is 34.9 Å². The van der Waals surface area contributed by atoms with Gasteiger partial charge in [-0.2, -0.15) is 0 Å². The summed E-state index contributed by atoms with van der Waals surface area (Å²) in [5.41, 5.74) is 4.93. The summed E-state index contributed by atoms with van der Waals surface area (Å²) in [6.07, 6.45) is 3.36. The maximum absolute atomic E-state index is 13.8. The fourth-order valence-corrected chi connectivity index (χ4v) is 7.41. The van der Waals surface area contributed by atoms with Crippen molar-refractivity contribution in [1.82, 2.24) is 15.2 Å². The first kappa shape index (κ1) is 29.3. The summed E-state index contributed by atoms with van der Waals surface area (Å²) in [4.78, 5) is 15.1. The highest BCUT2D eigenvalue weighted by Gasteiger charge is 2.29. The molecule has 41 heavy (non-hydrogen) atoms. The molecule has 2 aromatic carbocycles. The largest absolute Gasteiger partial charge is 0.390 e. The number of aliphatic hydroxyl groups excluding tert-OH is 1. The molecule has 10 heteroatoms. The number of hydrogen-bond acceptors (Lipinski definition) is 6. The number of carbonyl (C=O) groups is 1. The van der Waals surface area contributed by atoms with Crippen LogP contribution in [0, 0.1) is 0 Å². The Bertz CT molecular complexity index is 1630. The molecule has 0 radical (unpaired) electrons. The number of hydrogen-bond donors (Lipinski definition) is 3. The molecule has 2 atom stereocenters. The van der Waals surface area contributed by atoms with E-state index >= 15 is 0 Å². The first-order valence-electron chi connectivity index (χ1n) is 14.1. The highest BCUT2D eigenvalue weighted by Crippen LogP contribution is 2.35. The Balaban J connectivity index is 1.41. The molecule has 1 amide bonds. The van der Waals surface area contributed by atoms with Crippen LogP contribution in [0.1, 0.15) is 45.8 Å². The summed E-state index contributed by atoms with van der Waals surface area (Å²) in [6, 6.07) is 14.9. The van der Waals surface area contributed by atoms with E-state index in [9.17, 15) is 18.3 Å². The zero-order valence-corrected chi connectivity index (χ0v) is 25.4. The van der Waals surface area contributed by atoms with Gasteiger partial charge in [-0.05, 0) is 59.5 Å². The summed E-state index contributed by atoms with van der Waals surface area (Å²) >= 11 is 1.73. The van der Waals surface area contributed by atoms with Crippen molar-refractivity contribution in [2.75, 3.05) is 23.7 Å². The Hall–Kier alpha value is -3.18. The van der Waals surface area contributed by atoms with E-state index < -0.39 is 22.2 Å². The van der Waals surface area contributed by atoms with E-state index in [-0.39, 0.29) is 11.7 Å². The van der Waals surface area contributed by atoms with Crippen LogP contribution >= 0.6 is 11.3 Å². The first-order valence-corrected chi connectivity index (χ1v) is 16.6. The molecule has 0 unspecified atom stereocenters. The van der Waals surface area contributed by atoms with Crippen LogP contribution in [0.25, 0.3) is 10.9 Å².